The van der Waals surface area contributed by atoms with Crippen LogP contribution in [-0.4, -0.2) is 16.0 Å². The first-order chi connectivity index (χ1) is 10.3. The fourth-order valence-corrected chi connectivity index (χ4v) is 2.62. The summed E-state index contributed by atoms with van der Waals surface area (Å²) in [5.74, 6) is 0.319. The van der Waals surface area contributed by atoms with E-state index in [1.807, 2.05) is 0 Å². The van der Waals surface area contributed by atoms with E-state index < -0.39 is 0 Å². The van der Waals surface area contributed by atoms with Crippen molar-refractivity contribution in [3.05, 3.63) is 59.3 Å². The van der Waals surface area contributed by atoms with Gasteiger partial charge in [0, 0.05) is 16.6 Å². The van der Waals surface area contributed by atoms with Crippen LogP contribution in [-0.2, 0) is 6.61 Å². The molecule has 6 heteroatoms. The molecule has 2 heterocycles. The number of para-hydroxylation sites is 1. The van der Waals surface area contributed by atoms with E-state index in [1.165, 1.54) is 11.3 Å². The Morgan fingerprint density at radius 2 is 2.14 bits per heavy atom. The summed E-state index contributed by atoms with van der Waals surface area (Å²) in [4.78, 5) is 16.4. The van der Waals surface area contributed by atoms with E-state index in [1.54, 1.807) is 48.0 Å². The summed E-state index contributed by atoms with van der Waals surface area (Å²) in [7, 11) is 0. The molecule has 0 aliphatic heterocycles. The summed E-state index contributed by atoms with van der Waals surface area (Å²) >= 11 is 1.34. The summed E-state index contributed by atoms with van der Waals surface area (Å²) in [6, 6.07) is 10.7. The van der Waals surface area contributed by atoms with Crippen molar-refractivity contribution in [1.82, 2.24) is 4.98 Å². The number of carbonyl (C=O) groups is 1. The highest BCUT2D eigenvalue weighted by Crippen LogP contribution is 2.24. The zero-order valence-electron chi connectivity index (χ0n) is 10.9. The van der Waals surface area contributed by atoms with E-state index in [4.69, 9.17) is 4.42 Å². The Hall–Kier alpha value is -2.44. The highest BCUT2D eigenvalue weighted by Gasteiger charge is 2.14. The van der Waals surface area contributed by atoms with Crippen molar-refractivity contribution in [1.29, 1.82) is 0 Å². The molecule has 0 fully saturated rings. The molecule has 2 N–H and O–H groups in total. The minimum absolute atomic E-state index is 0.134. The lowest BCUT2D eigenvalue weighted by Gasteiger charge is -2.07. The topological polar surface area (TPSA) is 75.4 Å². The molecule has 0 aliphatic rings. The van der Waals surface area contributed by atoms with Gasteiger partial charge in [-0.3, -0.25) is 4.79 Å². The molecule has 0 saturated heterocycles. The molecule has 0 unspecified atom stereocenters. The van der Waals surface area contributed by atoms with Crippen LogP contribution in [0.1, 0.15) is 16.1 Å². The van der Waals surface area contributed by atoms with Gasteiger partial charge in [-0.25, -0.2) is 4.98 Å². The van der Waals surface area contributed by atoms with Crippen molar-refractivity contribution in [3.63, 3.8) is 0 Å². The molecule has 3 rings (SSSR count). The lowest BCUT2D eigenvalue weighted by molar-refractivity contribution is 0.102. The van der Waals surface area contributed by atoms with Crippen molar-refractivity contribution < 1.29 is 14.3 Å². The van der Waals surface area contributed by atoms with Gasteiger partial charge in [0.2, 0.25) is 0 Å². The normalized spacial score (nSPS) is 10.5. The number of hydrogen-bond donors (Lipinski definition) is 2. The second-order valence-corrected chi connectivity index (χ2v) is 5.14. The number of nitrogens with one attached hydrogen (secondary N) is 1. The van der Waals surface area contributed by atoms with Gasteiger partial charge in [-0.15, -0.1) is 11.3 Å². The Morgan fingerprint density at radius 3 is 2.90 bits per heavy atom. The largest absolute Gasteiger partial charge is 0.462 e. The van der Waals surface area contributed by atoms with Gasteiger partial charge < -0.3 is 14.8 Å². The van der Waals surface area contributed by atoms with Crippen LogP contribution < -0.4 is 5.32 Å². The van der Waals surface area contributed by atoms with Crippen molar-refractivity contribution in [2.45, 2.75) is 6.61 Å². The second-order valence-electron chi connectivity index (χ2n) is 4.28. The number of aliphatic hydroxyl groups excluding tert-OH is 1. The van der Waals surface area contributed by atoms with Crippen LogP contribution >= 0.6 is 11.3 Å². The molecule has 3 aromatic rings. The molecule has 1 amide bonds. The summed E-state index contributed by atoms with van der Waals surface area (Å²) < 4.78 is 5.25. The SMILES string of the molecule is O=C(Nc1ccccc1CO)c1csc(-c2ccco2)n1. The minimum Gasteiger partial charge on any atom is -0.462 e. The molecule has 106 valence electrons. The zero-order valence-corrected chi connectivity index (χ0v) is 11.8. The van der Waals surface area contributed by atoms with Crippen molar-refractivity contribution in [3.8, 4) is 10.8 Å². The van der Waals surface area contributed by atoms with Crippen LogP contribution in [0.4, 0.5) is 5.69 Å². The molecule has 0 bridgehead atoms. The fourth-order valence-electron chi connectivity index (χ4n) is 1.86. The van der Waals surface area contributed by atoms with Crippen LogP contribution in [0, 0.1) is 0 Å². The molecular formula is C15H12N2O3S. The van der Waals surface area contributed by atoms with Gasteiger partial charge >= 0.3 is 0 Å². The van der Waals surface area contributed by atoms with E-state index in [9.17, 15) is 9.90 Å². The molecule has 0 aliphatic carbocycles. The standard InChI is InChI=1S/C15H12N2O3S/c18-8-10-4-1-2-5-11(10)16-14(19)12-9-21-15(17-12)13-6-3-7-20-13/h1-7,9,18H,8H2,(H,16,19). The molecule has 21 heavy (non-hydrogen) atoms. The van der Waals surface area contributed by atoms with Gasteiger partial charge in [0.05, 0.1) is 12.9 Å². The number of thiazole rings is 1. The van der Waals surface area contributed by atoms with Gasteiger partial charge in [0.15, 0.2) is 10.8 Å². The van der Waals surface area contributed by atoms with Gasteiger partial charge in [-0.1, -0.05) is 18.2 Å². The van der Waals surface area contributed by atoms with Crippen LogP contribution in [0.2, 0.25) is 0 Å². The van der Waals surface area contributed by atoms with Crippen LogP contribution in [0.5, 0.6) is 0 Å². The number of aliphatic hydroxyl groups is 1. The molecule has 5 nitrogen and oxygen atoms in total. The zero-order chi connectivity index (χ0) is 14.7. The van der Waals surface area contributed by atoms with Crippen molar-refractivity contribution in [2.75, 3.05) is 5.32 Å². The van der Waals surface area contributed by atoms with E-state index in [-0.39, 0.29) is 12.5 Å². The smallest absolute Gasteiger partial charge is 0.275 e. The Bertz CT molecular complexity index is 750. The predicted octanol–water partition coefficient (Wildman–Crippen LogP) is 3.15. The average molecular weight is 300 g/mol. The fraction of sp³-hybridized carbons (Fsp3) is 0.0667. The first-order valence-corrected chi connectivity index (χ1v) is 7.15. The van der Waals surface area contributed by atoms with E-state index in [2.05, 4.69) is 10.3 Å². The summed E-state index contributed by atoms with van der Waals surface area (Å²) in [5.41, 5.74) is 1.56. The molecule has 0 saturated carbocycles. The van der Waals surface area contributed by atoms with E-state index >= 15 is 0 Å². The highest BCUT2D eigenvalue weighted by molar-refractivity contribution is 7.13. The Labute approximate surface area is 124 Å². The quantitative estimate of drug-likeness (QED) is 0.776. The van der Waals surface area contributed by atoms with E-state index in [0.717, 1.165) is 0 Å². The van der Waals surface area contributed by atoms with Crippen molar-refractivity contribution >= 4 is 22.9 Å². The molecule has 0 spiro atoms. The summed E-state index contributed by atoms with van der Waals surface area (Å²) in [5, 5.41) is 14.3. The van der Waals surface area contributed by atoms with Gasteiger partial charge in [-0.2, -0.15) is 0 Å². The van der Waals surface area contributed by atoms with Crippen LogP contribution in [0.3, 0.4) is 0 Å². The number of aromatic nitrogens is 1. The summed E-state index contributed by atoms with van der Waals surface area (Å²) in [6.45, 7) is -0.134. The van der Waals surface area contributed by atoms with E-state index in [0.29, 0.717) is 27.7 Å². The Balaban J connectivity index is 1.80. The lowest BCUT2D eigenvalue weighted by atomic mass is 10.2. The third kappa shape index (κ3) is 2.86. The maximum atomic E-state index is 12.2. The first-order valence-electron chi connectivity index (χ1n) is 6.27. The van der Waals surface area contributed by atoms with Crippen molar-refractivity contribution in [2.24, 2.45) is 0 Å². The number of nitrogens with zero attached hydrogens (tertiary/aromatic N) is 1. The van der Waals surface area contributed by atoms with Crippen LogP contribution in [0.15, 0.2) is 52.5 Å². The average Bonchev–Trinajstić information content (AvgIpc) is 3.18. The van der Waals surface area contributed by atoms with Gasteiger partial charge in [0.1, 0.15) is 5.69 Å². The Morgan fingerprint density at radius 1 is 1.29 bits per heavy atom. The third-order valence-corrected chi connectivity index (χ3v) is 3.76. The lowest BCUT2D eigenvalue weighted by Crippen LogP contribution is -2.13. The second kappa shape index (κ2) is 5.90. The number of rotatable bonds is 4. The third-order valence-electron chi connectivity index (χ3n) is 2.90. The molecule has 1 aromatic carbocycles. The van der Waals surface area contributed by atoms with Crippen LogP contribution in [0.25, 0.3) is 10.8 Å². The number of amides is 1. The highest BCUT2D eigenvalue weighted by atomic mass is 32.1. The predicted molar refractivity (Wildman–Crippen MR) is 80.1 cm³/mol. The number of carbonyl (C=O) groups excluding carboxylic acids is 1. The number of benzene rings is 1. The van der Waals surface area contributed by atoms with Gasteiger partial charge in [-0.05, 0) is 18.2 Å². The maximum Gasteiger partial charge on any atom is 0.275 e. The molecule has 0 atom stereocenters. The monoisotopic (exact) mass is 300 g/mol. The molecule has 2 aromatic heterocycles. The molecule has 0 radical (unpaired) electrons. The Kier molecular flexibility index (Phi) is 3.81. The van der Waals surface area contributed by atoms with Gasteiger partial charge in [0.25, 0.3) is 5.91 Å². The number of furan rings is 1. The minimum atomic E-state index is -0.315. The first kappa shape index (κ1) is 13.5. The maximum absolute atomic E-state index is 12.2. The summed E-state index contributed by atoms with van der Waals surface area (Å²) in [6.07, 6.45) is 1.56. The molecular weight excluding hydrogens is 288 g/mol. The number of hydrogen-bond acceptors (Lipinski definition) is 5. The number of anilines is 1.